The first-order valence-electron chi connectivity index (χ1n) is 6.40. The fourth-order valence-electron chi connectivity index (χ4n) is 1.81. The average molecular weight is 318 g/mol. The number of benzene rings is 1. The van der Waals surface area contributed by atoms with Gasteiger partial charge in [-0.3, -0.25) is 4.68 Å². The lowest BCUT2D eigenvalue weighted by atomic mass is 10.2. The zero-order valence-electron chi connectivity index (χ0n) is 11.6. The van der Waals surface area contributed by atoms with Crippen molar-refractivity contribution in [3.63, 3.8) is 0 Å². The van der Waals surface area contributed by atoms with Gasteiger partial charge >= 0.3 is 6.18 Å². The molecule has 1 aromatic heterocycles. The molecule has 7 heteroatoms. The maximum atomic E-state index is 12.7. The Bertz CT molecular complexity index is 620. The fraction of sp³-hybridized carbons (Fsp3) is 0.357. The van der Waals surface area contributed by atoms with Crippen molar-refractivity contribution in [2.45, 2.75) is 32.6 Å². The lowest BCUT2D eigenvalue weighted by Crippen LogP contribution is -2.06. The molecule has 1 aromatic carbocycles. The summed E-state index contributed by atoms with van der Waals surface area (Å²) in [6.07, 6.45) is -0.876. The first-order chi connectivity index (χ1) is 9.75. The molecule has 1 heterocycles. The highest BCUT2D eigenvalue weighted by Gasteiger charge is 2.31. The van der Waals surface area contributed by atoms with Crippen LogP contribution < -0.4 is 5.32 Å². The summed E-state index contributed by atoms with van der Waals surface area (Å²) in [6.45, 7) is 4.37. The highest BCUT2D eigenvalue weighted by molar-refractivity contribution is 6.30. The zero-order valence-corrected chi connectivity index (χ0v) is 12.3. The van der Waals surface area contributed by atoms with E-state index in [4.69, 9.17) is 11.6 Å². The molecule has 0 aliphatic rings. The molecule has 0 unspecified atom stereocenters. The average Bonchev–Trinajstić information content (AvgIpc) is 2.83. The van der Waals surface area contributed by atoms with Crippen LogP contribution in [0.25, 0.3) is 0 Å². The van der Waals surface area contributed by atoms with Gasteiger partial charge in [-0.05, 0) is 32.0 Å². The van der Waals surface area contributed by atoms with E-state index < -0.39 is 11.7 Å². The van der Waals surface area contributed by atoms with Crippen LogP contribution in [-0.4, -0.2) is 9.78 Å². The molecule has 21 heavy (non-hydrogen) atoms. The number of anilines is 1. The molecule has 3 nitrogen and oxygen atoms in total. The third-order valence-corrected chi connectivity index (χ3v) is 3.12. The Labute approximate surface area is 125 Å². The molecule has 0 radical (unpaired) electrons. The summed E-state index contributed by atoms with van der Waals surface area (Å²) in [5.74, 6) is 0. The molecule has 0 fully saturated rings. The first-order valence-corrected chi connectivity index (χ1v) is 6.78. The van der Waals surface area contributed by atoms with Gasteiger partial charge in [-0.25, -0.2) is 0 Å². The van der Waals surface area contributed by atoms with E-state index in [-0.39, 0.29) is 11.1 Å². The number of rotatable bonds is 4. The maximum Gasteiger partial charge on any atom is 0.416 e. The highest BCUT2D eigenvalue weighted by atomic mass is 35.5. The Kier molecular flexibility index (Phi) is 4.46. The SMILES string of the molecule is CC(C)n1cc(CNc2cc(Cl)cc(C(F)(F)F)c2)cn1. The molecule has 114 valence electrons. The summed E-state index contributed by atoms with van der Waals surface area (Å²) < 4.78 is 39.9. The quantitative estimate of drug-likeness (QED) is 0.882. The molecular weight excluding hydrogens is 303 g/mol. The summed E-state index contributed by atoms with van der Waals surface area (Å²) in [4.78, 5) is 0. The standard InChI is InChI=1S/C14H15ClF3N3/c1-9(2)21-8-10(7-20-21)6-19-13-4-11(14(16,17)18)3-12(15)5-13/h3-5,7-9,19H,6H2,1-2H3. The predicted molar refractivity (Wildman–Crippen MR) is 76.4 cm³/mol. The van der Waals surface area contributed by atoms with Crippen molar-refractivity contribution in [2.24, 2.45) is 0 Å². The summed E-state index contributed by atoms with van der Waals surface area (Å²) in [5.41, 5.74) is 0.444. The van der Waals surface area contributed by atoms with E-state index in [9.17, 15) is 13.2 Å². The van der Waals surface area contributed by atoms with Crippen LogP contribution in [0, 0.1) is 0 Å². The van der Waals surface area contributed by atoms with Crippen LogP contribution in [0.3, 0.4) is 0 Å². The second kappa shape index (κ2) is 5.97. The van der Waals surface area contributed by atoms with Crippen molar-refractivity contribution in [1.29, 1.82) is 0 Å². The van der Waals surface area contributed by atoms with Gasteiger partial charge in [-0.1, -0.05) is 11.6 Å². The van der Waals surface area contributed by atoms with Crippen molar-refractivity contribution >= 4 is 17.3 Å². The van der Waals surface area contributed by atoms with E-state index in [1.165, 1.54) is 6.07 Å². The Balaban J connectivity index is 2.10. The van der Waals surface area contributed by atoms with Crippen LogP contribution in [0.5, 0.6) is 0 Å². The fourth-order valence-corrected chi connectivity index (χ4v) is 2.05. The molecule has 0 saturated carbocycles. The minimum Gasteiger partial charge on any atom is -0.381 e. The lowest BCUT2D eigenvalue weighted by molar-refractivity contribution is -0.137. The zero-order chi connectivity index (χ0) is 15.6. The number of alkyl halides is 3. The smallest absolute Gasteiger partial charge is 0.381 e. The summed E-state index contributed by atoms with van der Waals surface area (Å²) >= 11 is 5.73. The second-order valence-electron chi connectivity index (χ2n) is 5.00. The number of nitrogens with zero attached hydrogens (tertiary/aromatic N) is 2. The maximum absolute atomic E-state index is 12.7. The van der Waals surface area contributed by atoms with E-state index in [1.54, 1.807) is 10.9 Å². The van der Waals surface area contributed by atoms with Crippen molar-refractivity contribution in [1.82, 2.24) is 9.78 Å². The largest absolute Gasteiger partial charge is 0.416 e. The second-order valence-corrected chi connectivity index (χ2v) is 5.44. The lowest BCUT2D eigenvalue weighted by Gasteiger charge is -2.11. The number of hydrogen-bond acceptors (Lipinski definition) is 2. The third-order valence-electron chi connectivity index (χ3n) is 2.91. The van der Waals surface area contributed by atoms with Gasteiger partial charge < -0.3 is 5.32 Å². The monoisotopic (exact) mass is 317 g/mol. The molecule has 1 N–H and O–H groups in total. The third kappa shape index (κ3) is 4.14. The molecule has 0 spiro atoms. The molecule has 0 aliphatic carbocycles. The van der Waals surface area contributed by atoms with Gasteiger partial charge in [0.2, 0.25) is 0 Å². The Morgan fingerprint density at radius 2 is 2.00 bits per heavy atom. The van der Waals surface area contributed by atoms with Crippen LogP contribution in [0.2, 0.25) is 5.02 Å². The van der Waals surface area contributed by atoms with E-state index >= 15 is 0 Å². The van der Waals surface area contributed by atoms with Crippen molar-refractivity contribution in [2.75, 3.05) is 5.32 Å². The molecule has 0 bridgehead atoms. The summed E-state index contributed by atoms with van der Waals surface area (Å²) in [5, 5.41) is 7.15. The van der Waals surface area contributed by atoms with Crippen molar-refractivity contribution < 1.29 is 13.2 Å². The van der Waals surface area contributed by atoms with Crippen LogP contribution in [0.4, 0.5) is 18.9 Å². The van der Waals surface area contributed by atoms with Crippen molar-refractivity contribution in [3.8, 4) is 0 Å². The minimum atomic E-state index is -4.41. The van der Waals surface area contributed by atoms with Gasteiger partial charge in [-0.15, -0.1) is 0 Å². The van der Waals surface area contributed by atoms with Crippen LogP contribution in [-0.2, 0) is 12.7 Å². The van der Waals surface area contributed by atoms with Gasteiger partial charge in [0.05, 0.1) is 11.8 Å². The Morgan fingerprint density at radius 3 is 2.57 bits per heavy atom. The van der Waals surface area contributed by atoms with Gasteiger partial charge in [0.25, 0.3) is 0 Å². The van der Waals surface area contributed by atoms with E-state index in [2.05, 4.69) is 10.4 Å². The minimum absolute atomic E-state index is 0.0465. The van der Waals surface area contributed by atoms with E-state index in [0.29, 0.717) is 12.2 Å². The molecule has 2 aromatic rings. The van der Waals surface area contributed by atoms with Gasteiger partial charge in [-0.2, -0.15) is 18.3 Å². The summed E-state index contributed by atoms with van der Waals surface area (Å²) in [7, 11) is 0. The van der Waals surface area contributed by atoms with Crippen LogP contribution in [0.1, 0.15) is 31.0 Å². The topological polar surface area (TPSA) is 29.9 Å². The number of halogens is 4. The normalized spacial score (nSPS) is 12.0. The molecule has 0 atom stereocenters. The summed E-state index contributed by atoms with van der Waals surface area (Å²) in [6, 6.07) is 3.65. The van der Waals surface area contributed by atoms with Crippen molar-refractivity contribution in [3.05, 3.63) is 46.7 Å². The van der Waals surface area contributed by atoms with Crippen LogP contribution >= 0.6 is 11.6 Å². The molecular formula is C14H15ClF3N3. The van der Waals surface area contributed by atoms with E-state index in [1.807, 2.05) is 20.0 Å². The number of aromatic nitrogens is 2. The highest BCUT2D eigenvalue weighted by Crippen LogP contribution is 2.33. The van der Waals surface area contributed by atoms with Crippen LogP contribution in [0.15, 0.2) is 30.6 Å². The molecule has 0 amide bonds. The number of hydrogen-bond donors (Lipinski definition) is 1. The Morgan fingerprint density at radius 1 is 1.29 bits per heavy atom. The van der Waals surface area contributed by atoms with E-state index in [0.717, 1.165) is 17.7 Å². The molecule has 0 saturated heterocycles. The predicted octanol–water partition coefficient (Wildman–Crippen LogP) is 4.75. The first kappa shape index (κ1) is 15.7. The van der Waals surface area contributed by atoms with Gasteiger partial charge in [0, 0.05) is 35.1 Å². The van der Waals surface area contributed by atoms with Gasteiger partial charge in [0.1, 0.15) is 0 Å². The Hall–Kier alpha value is -1.69. The molecule has 0 aliphatic heterocycles. The van der Waals surface area contributed by atoms with Gasteiger partial charge in [0.15, 0.2) is 0 Å². The number of nitrogens with one attached hydrogen (secondary N) is 1. The molecule has 2 rings (SSSR count).